The number of piperidine rings is 1. The summed E-state index contributed by atoms with van der Waals surface area (Å²) in [7, 11) is 0. The Morgan fingerprint density at radius 2 is 1.83 bits per heavy atom. The van der Waals surface area contributed by atoms with Crippen LogP contribution in [-0.4, -0.2) is 41.4 Å². The fourth-order valence-electron chi connectivity index (χ4n) is 4.22. The number of pyridine rings is 1. The fourth-order valence-corrected chi connectivity index (χ4v) is 4.22. The maximum absolute atomic E-state index is 4.62. The highest BCUT2D eigenvalue weighted by Crippen LogP contribution is 2.41. The Hall–Kier alpha value is -2.17. The lowest BCUT2D eigenvalue weighted by atomic mass is 9.79. The van der Waals surface area contributed by atoms with E-state index in [1.165, 1.54) is 24.8 Å². The fraction of sp³-hybridized carbons (Fsp3) is 0.526. The number of anilines is 2. The monoisotopic (exact) mass is 323 g/mol. The maximum Gasteiger partial charge on any atom is 0.151 e. The molecular formula is C19H25N5. The van der Waals surface area contributed by atoms with E-state index >= 15 is 0 Å². The second-order valence-corrected chi connectivity index (χ2v) is 7.37. The Bertz CT molecular complexity index is 714. The van der Waals surface area contributed by atoms with Gasteiger partial charge in [0.1, 0.15) is 5.82 Å². The van der Waals surface area contributed by atoms with Gasteiger partial charge in [0.05, 0.1) is 5.69 Å². The molecule has 0 aromatic carbocycles. The quantitative estimate of drug-likeness (QED) is 0.850. The van der Waals surface area contributed by atoms with Crippen molar-refractivity contribution in [1.82, 2.24) is 15.2 Å². The van der Waals surface area contributed by atoms with Gasteiger partial charge in [-0.15, -0.1) is 5.10 Å². The zero-order chi connectivity index (χ0) is 16.6. The van der Waals surface area contributed by atoms with E-state index in [9.17, 15) is 0 Å². The van der Waals surface area contributed by atoms with Crippen molar-refractivity contribution < 1.29 is 0 Å². The summed E-state index contributed by atoms with van der Waals surface area (Å²) in [5, 5.41) is 8.63. The molecule has 2 fully saturated rings. The summed E-state index contributed by atoms with van der Waals surface area (Å²) in [5.74, 6) is 2.17. The molecule has 2 aliphatic rings. The van der Waals surface area contributed by atoms with Gasteiger partial charge < -0.3 is 9.80 Å². The molecule has 2 aromatic rings. The number of aryl methyl sites for hydroxylation is 2. The first-order valence-corrected chi connectivity index (χ1v) is 8.87. The van der Waals surface area contributed by atoms with Gasteiger partial charge in [0.15, 0.2) is 5.82 Å². The Kier molecular flexibility index (Phi) is 3.87. The lowest BCUT2D eigenvalue weighted by Gasteiger charge is -2.40. The molecule has 1 spiro atoms. The summed E-state index contributed by atoms with van der Waals surface area (Å²) in [6.07, 6.45) is 5.66. The summed E-state index contributed by atoms with van der Waals surface area (Å²) in [4.78, 5) is 9.51. The molecule has 1 unspecified atom stereocenters. The molecule has 126 valence electrons. The molecule has 5 nitrogen and oxygen atoms in total. The molecular weight excluding hydrogens is 298 g/mol. The molecule has 5 heteroatoms. The number of nitrogens with zero attached hydrogens (tertiary/aromatic N) is 5. The van der Waals surface area contributed by atoms with Crippen LogP contribution in [0.5, 0.6) is 0 Å². The van der Waals surface area contributed by atoms with E-state index in [2.05, 4.69) is 50.1 Å². The van der Waals surface area contributed by atoms with Crippen molar-refractivity contribution in [3.63, 3.8) is 0 Å². The lowest BCUT2D eigenvalue weighted by Crippen LogP contribution is -2.45. The van der Waals surface area contributed by atoms with E-state index in [0.717, 1.165) is 43.5 Å². The van der Waals surface area contributed by atoms with E-state index in [1.807, 2.05) is 19.2 Å². The highest BCUT2D eigenvalue weighted by atomic mass is 15.3. The molecule has 2 aliphatic heterocycles. The van der Waals surface area contributed by atoms with Crippen molar-refractivity contribution in [2.75, 3.05) is 36.0 Å². The van der Waals surface area contributed by atoms with Gasteiger partial charge in [-0.2, -0.15) is 5.10 Å². The Labute approximate surface area is 143 Å². The summed E-state index contributed by atoms with van der Waals surface area (Å²) in [6.45, 7) is 8.50. The van der Waals surface area contributed by atoms with Gasteiger partial charge in [0.25, 0.3) is 0 Å². The topological polar surface area (TPSA) is 45.2 Å². The molecule has 4 rings (SSSR count). The van der Waals surface area contributed by atoms with Crippen LogP contribution in [0.2, 0.25) is 0 Å². The van der Waals surface area contributed by atoms with Gasteiger partial charge in [0.2, 0.25) is 0 Å². The first-order valence-electron chi connectivity index (χ1n) is 8.87. The van der Waals surface area contributed by atoms with Crippen molar-refractivity contribution >= 4 is 11.6 Å². The normalized spacial score (nSPS) is 23.9. The zero-order valence-corrected chi connectivity index (χ0v) is 14.6. The highest BCUT2D eigenvalue weighted by Gasteiger charge is 2.42. The zero-order valence-electron chi connectivity index (χ0n) is 14.6. The van der Waals surface area contributed by atoms with Gasteiger partial charge in [0, 0.05) is 37.8 Å². The number of rotatable bonds is 2. The molecule has 0 aliphatic carbocycles. The van der Waals surface area contributed by atoms with Crippen LogP contribution >= 0.6 is 0 Å². The van der Waals surface area contributed by atoms with Gasteiger partial charge in [-0.1, -0.05) is 6.07 Å². The van der Waals surface area contributed by atoms with Crippen LogP contribution < -0.4 is 9.80 Å². The second kappa shape index (κ2) is 6.04. The molecule has 0 saturated carbocycles. The maximum atomic E-state index is 4.62. The van der Waals surface area contributed by atoms with Crippen LogP contribution in [0.15, 0.2) is 30.5 Å². The third-order valence-electron chi connectivity index (χ3n) is 5.49. The van der Waals surface area contributed by atoms with Crippen molar-refractivity contribution in [3.8, 4) is 0 Å². The predicted octanol–water partition coefficient (Wildman–Crippen LogP) is 2.99. The Morgan fingerprint density at radius 3 is 2.62 bits per heavy atom. The molecule has 2 aromatic heterocycles. The Balaban J connectivity index is 1.51. The number of hydrogen-bond acceptors (Lipinski definition) is 5. The molecule has 2 saturated heterocycles. The summed E-state index contributed by atoms with van der Waals surface area (Å²) in [5.41, 5.74) is 2.60. The second-order valence-electron chi connectivity index (χ2n) is 7.37. The third kappa shape index (κ3) is 2.83. The molecule has 0 N–H and O–H groups in total. The van der Waals surface area contributed by atoms with Crippen molar-refractivity contribution in [1.29, 1.82) is 0 Å². The minimum absolute atomic E-state index is 0.356. The van der Waals surface area contributed by atoms with Gasteiger partial charge in [-0.3, -0.25) is 0 Å². The Morgan fingerprint density at radius 1 is 0.958 bits per heavy atom. The molecule has 1 atom stereocenters. The van der Waals surface area contributed by atoms with Crippen LogP contribution in [0.25, 0.3) is 0 Å². The van der Waals surface area contributed by atoms with Crippen molar-refractivity contribution in [2.45, 2.75) is 33.1 Å². The SMILES string of the molecule is Cc1ccc(N2CCCC3(CCN(c4ncccc4C)C3)C2)nn1. The van der Waals surface area contributed by atoms with E-state index in [4.69, 9.17) is 0 Å². The smallest absolute Gasteiger partial charge is 0.151 e. The summed E-state index contributed by atoms with van der Waals surface area (Å²) >= 11 is 0. The van der Waals surface area contributed by atoms with E-state index < -0.39 is 0 Å². The van der Waals surface area contributed by atoms with E-state index in [0.29, 0.717) is 5.41 Å². The standard InChI is InChI=1S/C19H25N5/c1-15-5-3-10-20-18(15)24-12-9-19(14-24)8-4-11-23(13-19)17-7-6-16(2)21-22-17/h3,5-7,10H,4,8-9,11-14H2,1-2H3. The average Bonchev–Trinajstić information content (AvgIpc) is 2.99. The van der Waals surface area contributed by atoms with Gasteiger partial charge >= 0.3 is 0 Å². The van der Waals surface area contributed by atoms with E-state index in [1.54, 1.807) is 0 Å². The minimum Gasteiger partial charge on any atom is -0.356 e. The van der Waals surface area contributed by atoms with Crippen LogP contribution in [0.3, 0.4) is 0 Å². The van der Waals surface area contributed by atoms with Crippen LogP contribution in [-0.2, 0) is 0 Å². The predicted molar refractivity (Wildman–Crippen MR) is 96.5 cm³/mol. The molecule has 4 heterocycles. The third-order valence-corrected chi connectivity index (χ3v) is 5.49. The first kappa shape index (κ1) is 15.4. The highest BCUT2D eigenvalue weighted by molar-refractivity contribution is 5.48. The largest absolute Gasteiger partial charge is 0.356 e. The van der Waals surface area contributed by atoms with Crippen molar-refractivity contribution in [3.05, 3.63) is 41.7 Å². The van der Waals surface area contributed by atoms with Gasteiger partial charge in [-0.25, -0.2) is 4.98 Å². The molecule has 0 bridgehead atoms. The number of aromatic nitrogens is 3. The molecule has 24 heavy (non-hydrogen) atoms. The lowest BCUT2D eigenvalue weighted by molar-refractivity contribution is 0.262. The van der Waals surface area contributed by atoms with Crippen LogP contribution in [0.1, 0.15) is 30.5 Å². The minimum atomic E-state index is 0.356. The van der Waals surface area contributed by atoms with Crippen LogP contribution in [0, 0.1) is 19.3 Å². The summed E-state index contributed by atoms with van der Waals surface area (Å²) < 4.78 is 0. The van der Waals surface area contributed by atoms with Gasteiger partial charge in [-0.05, 0) is 56.9 Å². The van der Waals surface area contributed by atoms with E-state index in [-0.39, 0.29) is 0 Å². The average molecular weight is 323 g/mol. The summed E-state index contributed by atoms with van der Waals surface area (Å²) in [6, 6.07) is 8.34. The number of hydrogen-bond donors (Lipinski definition) is 0. The molecule has 0 radical (unpaired) electrons. The molecule has 0 amide bonds. The van der Waals surface area contributed by atoms with Crippen LogP contribution in [0.4, 0.5) is 11.6 Å². The first-order chi connectivity index (χ1) is 11.7. The van der Waals surface area contributed by atoms with Crippen molar-refractivity contribution in [2.24, 2.45) is 5.41 Å².